The van der Waals surface area contributed by atoms with Crippen molar-refractivity contribution >= 4 is 68.9 Å². The van der Waals surface area contributed by atoms with Gasteiger partial charge in [-0.05, 0) is 48.9 Å². The maximum atomic E-state index is 12.3. The molecule has 2 aromatic heterocycles. The van der Waals surface area contributed by atoms with Gasteiger partial charge >= 0.3 is 0 Å². The topological polar surface area (TPSA) is 123 Å². The molecule has 13 heteroatoms. The molecule has 0 radical (unpaired) electrons. The van der Waals surface area contributed by atoms with E-state index < -0.39 is 0 Å². The molecule has 0 fully saturated rings. The first-order chi connectivity index (χ1) is 17.4. The first kappa shape index (κ1) is 26.1. The van der Waals surface area contributed by atoms with Crippen LogP contribution in [0.3, 0.4) is 0 Å². The molecule has 0 saturated carbocycles. The summed E-state index contributed by atoms with van der Waals surface area (Å²) in [6.45, 7) is 1.90. The van der Waals surface area contributed by atoms with E-state index in [-0.39, 0.29) is 24.7 Å². The predicted octanol–water partition coefficient (Wildman–Crippen LogP) is 5.90. The van der Waals surface area contributed by atoms with Gasteiger partial charge in [0.1, 0.15) is 0 Å². The second-order valence-electron chi connectivity index (χ2n) is 7.55. The Labute approximate surface area is 225 Å². The number of rotatable bonds is 10. The van der Waals surface area contributed by atoms with E-state index in [0.717, 1.165) is 11.1 Å². The Balaban J connectivity index is 1.18. The van der Waals surface area contributed by atoms with Gasteiger partial charge in [-0.1, -0.05) is 57.5 Å². The Morgan fingerprint density at radius 1 is 1.03 bits per heavy atom. The van der Waals surface area contributed by atoms with E-state index in [0.29, 0.717) is 49.1 Å². The highest BCUT2D eigenvalue weighted by atomic mass is 35.5. The van der Waals surface area contributed by atoms with Gasteiger partial charge in [-0.2, -0.15) is 4.98 Å². The lowest BCUT2D eigenvalue weighted by atomic mass is 10.2. The van der Waals surface area contributed by atoms with Crippen LogP contribution in [0.15, 0.2) is 51.3 Å². The smallest absolute Gasteiger partial charge is 0.227 e. The third-order valence-electron chi connectivity index (χ3n) is 4.80. The molecule has 0 saturated heterocycles. The minimum atomic E-state index is -0.245. The van der Waals surface area contributed by atoms with E-state index in [1.165, 1.54) is 23.1 Å². The van der Waals surface area contributed by atoms with Gasteiger partial charge in [0.15, 0.2) is 4.34 Å². The van der Waals surface area contributed by atoms with Gasteiger partial charge in [-0.15, -0.1) is 10.2 Å². The molecular weight excluding hydrogens is 543 g/mol. The van der Waals surface area contributed by atoms with Crippen LogP contribution in [-0.4, -0.2) is 37.9 Å². The third-order valence-corrected chi connectivity index (χ3v) is 7.43. The third kappa shape index (κ3) is 7.50. The van der Waals surface area contributed by atoms with Crippen LogP contribution in [0.4, 0.5) is 10.8 Å². The summed E-state index contributed by atoms with van der Waals surface area (Å²) in [6, 6.07) is 12.4. The number of halogens is 2. The summed E-state index contributed by atoms with van der Waals surface area (Å²) in [5.41, 5.74) is 2.38. The molecule has 2 aromatic carbocycles. The normalized spacial score (nSPS) is 10.9. The van der Waals surface area contributed by atoms with Crippen molar-refractivity contribution in [3.63, 3.8) is 0 Å². The summed E-state index contributed by atoms with van der Waals surface area (Å²) < 4.78 is 5.88. The molecule has 4 aromatic rings. The number of carbonyl (C=O) groups is 2. The van der Waals surface area contributed by atoms with E-state index in [9.17, 15) is 9.59 Å². The van der Waals surface area contributed by atoms with Crippen LogP contribution in [0.1, 0.15) is 24.3 Å². The van der Waals surface area contributed by atoms with Crippen molar-refractivity contribution in [1.29, 1.82) is 0 Å². The maximum Gasteiger partial charge on any atom is 0.227 e. The Morgan fingerprint density at radius 3 is 2.58 bits per heavy atom. The predicted molar refractivity (Wildman–Crippen MR) is 142 cm³/mol. The second-order valence-corrected chi connectivity index (χ2v) is 10.7. The summed E-state index contributed by atoms with van der Waals surface area (Å²) in [6.07, 6.45) is 0.723. The minimum Gasteiger partial charge on any atom is -0.339 e. The highest BCUT2D eigenvalue weighted by molar-refractivity contribution is 8.01. The fourth-order valence-electron chi connectivity index (χ4n) is 2.92. The van der Waals surface area contributed by atoms with Crippen molar-refractivity contribution in [2.24, 2.45) is 0 Å². The first-order valence-electron chi connectivity index (χ1n) is 10.8. The van der Waals surface area contributed by atoms with Crippen LogP contribution in [-0.2, 0) is 16.0 Å². The van der Waals surface area contributed by atoms with Gasteiger partial charge < -0.3 is 15.2 Å². The molecule has 0 aliphatic rings. The Hall–Kier alpha value is -2.99. The number of nitrogens with zero attached hydrogens (tertiary/aromatic N) is 4. The van der Waals surface area contributed by atoms with Gasteiger partial charge in [0, 0.05) is 46.3 Å². The summed E-state index contributed by atoms with van der Waals surface area (Å²) in [4.78, 5) is 28.7. The molecule has 2 amide bonds. The number of nitrogens with one attached hydrogen (secondary N) is 2. The van der Waals surface area contributed by atoms with E-state index in [4.69, 9.17) is 27.7 Å². The molecule has 9 nitrogen and oxygen atoms in total. The van der Waals surface area contributed by atoms with Gasteiger partial charge in [0.2, 0.25) is 28.7 Å². The fourth-order valence-corrected chi connectivity index (χ4v) is 5.00. The van der Waals surface area contributed by atoms with Crippen LogP contribution >= 0.6 is 46.3 Å². The molecule has 186 valence electrons. The lowest BCUT2D eigenvalue weighted by molar-refractivity contribution is -0.116. The number of anilines is 2. The zero-order valence-corrected chi connectivity index (χ0v) is 22.1. The highest BCUT2D eigenvalue weighted by Crippen LogP contribution is 2.26. The zero-order valence-electron chi connectivity index (χ0n) is 19.0. The van der Waals surface area contributed by atoms with E-state index in [1.807, 2.05) is 19.1 Å². The molecule has 0 bridgehead atoms. The number of amides is 2. The summed E-state index contributed by atoms with van der Waals surface area (Å²) in [7, 11) is 0. The second kappa shape index (κ2) is 12.3. The van der Waals surface area contributed by atoms with Gasteiger partial charge in [-0.25, -0.2) is 0 Å². The van der Waals surface area contributed by atoms with Crippen LogP contribution < -0.4 is 10.6 Å². The number of hydrogen-bond donors (Lipinski definition) is 2. The Bertz CT molecular complexity index is 1360. The van der Waals surface area contributed by atoms with E-state index in [1.54, 1.807) is 30.3 Å². The number of aryl methyl sites for hydroxylation is 2. The molecule has 0 atom stereocenters. The molecule has 0 spiro atoms. The number of carbonyl (C=O) groups excluding carboxylic acids is 2. The van der Waals surface area contributed by atoms with Crippen LogP contribution in [0.25, 0.3) is 11.4 Å². The van der Waals surface area contributed by atoms with Crippen LogP contribution in [0, 0.1) is 6.92 Å². The summed E-state index contributed by atoms with van der Waals surface area (Å²) in [5.74, 6) is 0.936. The Kier molecular flexibility index (Phi) is 8.92. The van der Waals surface area contributed by atoms with Crippen molar-refractivity contribution < 1.29 is 14.1 Å². The summed E-state index contributed by atoms with van der Waals surface area (Å²) >= 11 is 14.6. The number of hydrogen-bond acceptors (Lipinski definition) is 9. The Morgan fingerprint density at radius 2 is 1.81 bits per heavy atom. The van der Waals surface area contributed by atoms with Crippen molar-refractivity contribution in [3.8, 4) is 11.4 Å². The molecule has 36 heavy (non-hydrogen) atoms. The monoisotopic (exact) mass is 562 g/mol. The van der Waals surface area contributed by atoms with E-state index >= 15 is 0 Å². The molecular formula is C23H20Cl2N6O3S2. The lowest BCUT2D eigenvalue weighted by Gasteiger charge is -2.06. The van der Waals surface area contributed by atoms with E-state index in [2.05, 4.69) is 31.0 Å². The SMILES string of the molecule is Cc1ccc(NC(=O)CCSc2nnc(NC(=O)CCc3nc(-c4ccc(Cl)cc4)no3)s2)cc1Cl. The largest absolute Gasteiger partial charge is 0.339 e. The minimum absolute atomic E-state index is 0.124. The van der Waals surface area contributed by atoms with Gasteiger partial charge in [0.05, 0.1) is 0 Å². The number of benzene rings is 2. The van der Waals surface area contributed by atoms with Gasteiger partial charge in [0.25, 0.3) is 0 Å². The molecule has 4 rings (SSSR count). The van der Waals surface area contributed by atoms with Crippen LogP contribution in [0.2, 0.25) is 10.0 Å². The average Bonchev–Trinajstić information content (AvgIpc) is 3.50. The molecule has 2 N–H and O–H groups in total. The van der Waals surface area contributed by atoms with Gasteiger partial charge in [-0.3, -0.25) is 9.59 Å². The fraction of sp³-hybridized carbons (Fsp3) is 0.217. The zero-order chi connectivity index (χ0) is 25.5. The van der Waals surface area contributed by atoms with Crippen molar-refractivity contribution in [2.45, 2.75) is 30.5 Å². The van der Waals surface area contributed by atoms with Crippen molar-refractivity contribution in [2.75, 3.05) is 16.4 Å². The quantitative estimate of drug-likeness (QED) is 0.181. The average molecular weight is 563 g/mol. The first-order valence-corrected chi connectivity index (χ1v) is 13.3. The molecule has 0 aliphatic carbocycles. The number of thioether (sulfide) groups is 1. The highest BCUT2D eigenvalue weighted by Gasteiger charge is 2.13. The summed E-state index contributed by atoms with van der Waals surface area (Å²) in [5, 5.41) is 19.1. The lowest BCUT2D eigenvalue weighted by Crippen LogP contribution is -2.12. The van der Waals surface area contributed by atoms with Crippen LogP contribution in [0.5, 0.6) is 0 Å². The molecule has 0 aliphatic heterocycles. The molecule has 0 unspecified atom stereocenters. The van der Waals surface area contributed by atoms with Crippen molar-refractivity contribution in [1.82, 2.24) is 20.3 Å². The maximum absolute atomic E-state index is 12.3. The molecule has 2 heterocycles. The standard InChI is InChI=1S/C23H20Cl2N6O3S2/c1-13-2-7-16(12-17(13)25)26-19(33)10-11-35-23-30-29-22(36-23)27-18(32)8-9-20-28-21(31-34-20)14-3-5-15(24)6-4-14/h2-7,12H,8-11H2,1H3,(H,26,33)(H,27,29,32). The van der Waals surface area contributed by atoms with Crippen molar-refractivity contribution in [3.05, 3.63) is 64.0 Å². The number of aromatic nitrogens is 4.